The van der Waals surface area contributed by atoms with Gasteiger partial charge in [-0.3, -0.25) is 0 Å². The first kappa shape index (κ1) is 11.3. The van der Waals surface area contributed by atoms with Gasteiger partial charge in [0.2, 0.25) is 0 Å². The van der Waals surface area contributed by atoms with E-state index in [1.54, 1.807) is 23.9 Å². The average molecular weight is 230 g/mol. The molecule has 0 radical (unpaired) electrons. The lowest BCUT2D eigenvalue weighted by atomic mass is 9.80. The molecule has 4 heteroatoms. The monoisotopic (exact) mass is 230 g/mol. The molecule has 0 saturated carbocycles. The molecule has 0 fully saturated rings. The fraction of sp³-hybridized carbons (Fsp3) is 0. The predicted octanol–water partition coefficient (Wildman–Crippen LogP) is 1.52. The molecule has 0 bridgehead atoms. The number of rotatable bonds is 3. The normalized spacial score (nSPS) is 10.1. The van der Waals surface area contributed by atoms with Crippen LogP contribution in [0.15, 0.2) is 64.4 Å². The fourth-order valence-electron chi connectivity index (χ4n) is 1.36. The van der Waals surface area contributed by atoms with E-state index in [2.05, 4.69) is 0 Å². The predicted molar refractivity (Wildman–Crippen MR) is 66.8 cm³/mol. The van der Waals surface area contributed by atoms with Crippen LogP contribution in [0.1, 0.15) is 0 Å². The van der Waals surface area contributed by atoms with Gasteiger partial charge in [-0.1, -0.05) is 42.1 Å². The third-order valence-corrected chi connectivity index (χ3v) is 3.13. The summed E-state index contributed by atoms with van der Waals surface area (Å²) in [6.07, 6.45) is 0. The van der Waals surface area contributed by atoms with Crippen LogP contribution in [0.3, 0.4) is 0 Å². The van der Waals surface area contributed by atoms with E-state index in [1.807, 2.05) is 42.5 Å². The fourth-order valence-corrected chi connectivity index (χ4v) is 2.27. The van der Waals surface area contributed by atoms with Crippen LogP contribution in [0.4, 0.5) is 0 Å². The second-order valence-electron chi connectivity index (χ2n) is 3.36. The summed E-state index contributed by atoms with van der Waals surface area (Å²) in [6, 6.07) is 17.2. The maximum absolute atomic E-state index is 9.06. The van der Waals surface area contributed by atoms with Gasteiger partial charge in [0.15, 0.2) is 0 Å². The summed E-state index contributed by atoms with van der Waals surface area (Å²) in [5.74, 6) is 0. The summed E-state index contributed by atoms with van der Waals surface area (Å²) in [5, 5.41) is 18.1. The topological polar surface area (TPSA) is 40.5 Å². The zero-order valence-electron chi connectivity index (χ0n) is 8.58. The average Bonchev–Trinajstić information content (AvgIpc) is 2.30. The van der Waals surface area contributed by atoms with Gasteiger partial charge < -0.3 is 10.0 Å². The summed E-state index contributed by atoms with van der Waals surface area (Å²) in [4.78, 5) is 2.13. The molecule has 0 spiro atoms. The van der Waals surface area contributed by atoms with Crippen molar-refractivity contribution in [2.24, 2.45) is 0 Å². The molecular formula is C12H11BO2S. The molecule has 0 aromatic heterocycles. The Kier molecular flexibility index (Phi) is 3.67. The highest BCUT2D eigenvalue weighted by Crippen LogP contribution is 2.26. The van der Waals surface area contributed by atoms with Crippen LogP contribution < -0.4 is 5.46 Å². The molecule has 0 aliphatic rings. The van der Waals surface area contributed by atoms with Crippen molar-refractivity contribution < 1.29 is 10.0 Å². The lowest BCUT2D eigenvalue weighted by molar-refractivity contribution is 0.425. The Morgan fingerprint density at radius 2 is 1.50 bits per heavy atom. The van der Waals surface area contributed by atoms with Crippen molar-refractivity contribution >= 4 is 24.3 Å². The van der Waals surface area contributed by atoms with Crippen LogP contribution in [0, 0.1) is 0 Å². The second kappa shape index (κ2) is 5.21. The van der Waals surface area contributed by atoms with Crippen molar-refractivity contribution in [3.8, 4) is 0 Å². The number of hydrogen-bond acceptors (Lipinski definition) is 3. The highest BCUT2D eigenvalue weighted by molar-refractivity contribution is 7.99. The molecule has 0 heterocycles. The minimum Gasteiger partial charge on any atom is -0.423 e. The lowest BCUT2D eigenvalue weighted by Gasteiger charge is -2.04. The molecule has 2 aromatic rings. The zero-order valence-corrected chi connectivity index (χ0v) is 9.39. The summed E-state index contributed by atoms with van der Waals surface area (Å²) in [6.45, 7) is 0. The molecular weight excluding hydrogens is 219 g/mol. The summed E-state index contributed by atoms with van der Waals surface area (Å²) in [7, 11) is -1.41. The summed E-state index contributed by atoms with van der Waals surface area (Å²) >= 11 is 1.60. The third kappa shape index (κ3) is 2.89. The smallest absolute Gasteiger partial charge is 0.423 e. The first-order valence-corrected chi connectivity index (χ1v) is 5.76. The van der Waals surface area contributed by atoms with E-state index in [9.17, 15) is 0 Å². The Morgan fingerprint density at radius 1 is 0.812 bits per heavy atom. The van der Waals surface area contributed by atoms with Gasteiger partial charge in [0.05, 0.1) is 0 Å². The van der Waals surface area contributed by atoms with Crippen LogP contribution in [0.5, 0.6) is 0 Å². The Hall–Kier alpha value is -1.23. The van der Waals surface area contributed by atoms with E-state index >= 15 is 0 Å². The Morgan fingerprint density at radius 3 is 2.19 bits per heavy atom. The maximum atomic E-state index is 9.06. The standard InChI is InChI=1S/C12H11BO2S/c14-13(15)10-5-4-8-12(9-10)16-11-6-2-1-3-7-11/h1-9,14-15H. The van der Waals surface area contributed by atoms with Crippen molar-refractivity contribution in [2.45, 2.75) is 9.79 Å². The number of hydrogen-bond donors (Lipinski definition) is 2. The third-order valence-electron chi connectivity index (χ3n) is 2.14. The molecule has 2 N–H and O–H groups in total. The molecule has 0 saturated heterocycles. The molecule has 2 aromatic carbocycles. The van der Waals surface area contributed by atoms with E-state index in [1.165, 1.54) is 0 Å². The van der Waals surface area contributed by atoms with Gasteiger partial charge >= 0.3 is 7.12 Å². The minimum atomic E-state index is -1.41. The molecule has 16 heavy (non-hydrogen) atoms. The van der Waals surface area contributed by atoms with Gasteiger partial charge in [-0.2, -0.15) is 0 Å². The van der Waals surface area contributed by atoms with E-state index in [0.717, 1.165) is 9.79 Å². The SMILES string of the molecule is OB(O)c1cccc(Sc2ccccc2)c1. The summed E-state index contributed by atoms with van der Waals surface area (Å²) in [5.41, 5.74) is 0.515. The van der Waals surface area contributed by atoms with Crippen molar-refractivity contribution in [3.05, 3.63) is 54.6 Å². The minimum absolute atomic E-state index is 0.515. The molecule has 0 aliphatic heterocycles. The van der Waals surface area contributed by atoms with E-state index in [0.29, 0.717) is 5.46 Å². The quantitative estimate of drug-likeness (QED) is 0.785. The molecule has 2 nitrogen and oxygen atoms in total. The second-order valence-corrected chi connectivity index (χ2v) is 4.51. The van der Waals surface area contributed by atoms with Gasteiger partial charge in [-0.15, -0.1) is 0 Å². The van der Waals surface area contributed by atoms with Crippen LogP contribution >= 0.6 is 11.8 Å². The first-order chi connectivity index (χ1) is 7.75. The molecule has 0 atom stereocenters. The van der Waals surface area contributed by atoms with Crippen molar-refractivity contribution in [1.29, 1.82) is 0 Å². The highest BCUT2D eigenvalue weighted by Gasteiger charge is 2.10. The van der Waals surface area contributed by atoms with E-state index in [4.69, 9.17) is 10.0 Å². The number of benzene rings is 2. The Labute approximate surface area is 99.1 Å². The largest absolute Gasteiger partial charge is 0.488 e. The van der Waals surface area contributed by atoms with Gasteiger partial charge in [0.25, 0.3) is 0 Å². The van der Waals surface area contributed by atoms with Crippen LogP contribution in [0.2, 0.25) is 0 Å². The van der Waals surface area contributed by atoms with Crippen molar-refractivity contribution in [1.82, 2.24) is 0 Å². The summed E-state index contributed by atoms with van der Waals surface area (Å²) < 4.78 is 0. The molecule has 0 amide bonds. The lowest BCUT2D eigenvalue weighted by Crippen LogP contribution is -2.29. The molecule has 2 rings (SSSR count). The van der Waals surface area contributed by atoms with Crippen LogP contribution in [-0.4, -0.2) is 17.2 Å². The maximum Gasteiger partial charge on any atom is 0.488 e. The van der Waals surface area contributed by atoms with Gasteiger partial charge in [0.1, 0.15) is 0 Å². The van der Waals surface area contributed by atoms with Crippen LogP contribution in [0.25, 0.3) is 0 Å². The molecule has 0 aliphatic carbocycles. The van der Waals surface area contributed by atoms with Crippen molar-refractivity contribution in [2.75, 3.05) is 0 Å². The van der Waals surface area contributed by atoms with Gasteiger partial charge in [-0.05, 0) is 29.7 Å². The van der Waals surface area contributed by atoms with Gasteiger partial charge in [-0.25, -0.2) is 0 Å². The first-order valence-electron chi connectivity index (χ1n) is 4.95. The van der Waals surface area contributed by atoms with Gasteiger partial charge in [0, 0.05) is 9.79 Å². The zero-order chi connectivity index (χ0) is 11.4. The Bertz CT molecular complexity index is 460. The van der Waals surface area contributed by atoms with Crippen LogP contribution in [-0.2, 0) is 0 Å². The highest BCUT2D eigenvalue weighted by atomic mass is 32.2. The Balaban J connectivity index is 2.19. The van der Waals surface area contributed by atoms with E-state index in [-0.39, 0.29) is 0 Å². The molecule has 0 unspecified atom stereocenters. The van der Waals surface area contributed by atoms with E-state index < -0.39 is 7.12 Å². The molecule has 80 valence electrons. The van der Waals surface area contributed by atoms with Crippen molar-refractivity contribution in [3.63, 3.8) is 0 Å².